The van der Waals surface area contributed by atoms with Gasteiger partial charge < -0.3 is 10.5 Å². The highest BCUT2D eigenvalue weighted by Crippen LogP contribution is 2.35. The monoisotopic (exact) mass is 225 g/mol. The quantitative estimate of drug-likeness (QED) is 0.815. The second-order valence-electron chi connectivity index (χ2n) is 4.48. The third-order valence-corrected chi connectivity index (χ3v) is 3.27. The van der Waals surface area contributed by atoms with E-state index in [1.54, 1.807) is 0 Å². The molecule has 0 aromatic heterocycles. The van der Waals surface area contributed by atoms with Crippen LogP contribution in [0.3, 0.4) is 0 Å². The summed E-state index contributed by atoms with van der Waals surface area (Å²) in [6.07, 6.45) is 1.12. The fourth-order valence-corrected chi connectivity index (χ4v) is 2.31. The molecule has 1 aliphatic carbocycles. The van der Waals surface area contributed by atoms with Crippen molar-refractivity contribution in [2.75, 3.05) is 12.3 Å². The molecule has 2 aromatic rings. The van der Waals surface area contributed by atoms with Crippen molar-refractivity contribution < 1.29 is 4.74 Å². The second kappa shape index (κ2) is 4.13. The molecular weight excluding hydrogens is 210 g/mol. The summed E-state index contributed by atoms with van der Waals surface area (Å²) in [6.45, 7) is 0.737. The van der Waals surface area contributed by atoms with Crippen LogP contribution >= 0.6 is 0 Å². The Hall–Kier alpha value is -1.96. The Balaban J connectivity index is 1.64. The molecular formula is C15H15NO. The standard InChI is InChI=1S/C15H15NO/c16-13-5-3-6-14(9-13)17-10-12-8-11-4-1-2-7-15(11)12/h1-7,9,12H,8,10,16H2. The van der Waals surface area contributed by atoms with Crippen molar-refractivity contribution in [3.63, 3.8) is 0 Å². The van der Waals surface area contributed by atoms with Crippen LogP contribution in [0.2, 0.25) is 0 Å². The van der Waals surface area contributed by atoms with Crippen molar-refractivity contribution in [3.05, 3.63) is 59.7 Å². The van der Waals surface area contributed by atoms with Crippen LogP contribution in [0.15, 0.2) is 48.5 Å². The molecule has 2 heteroatoms. The van der Waals surface area contributed by atoms with E-state index in [0.717, 1.165) is 24.5 Å². The summed E-state index contributed by atoms with van der Waals surface area (Å²) in [5.41, 5.74) is 9.33. The number of hydrogen-bond acceptors (Lipinski definition) is 2. The number of fused-ring (bicyclic) bond motifs is 1. The molecule has 1 unspecified atom stereocenters. The smallest absolute Gasteiger partial charge is 0.121 e. The van der Waals surface area contributed by atoms with Crippen LogP contribution in [0.4, 0.5) is 5.69 Å². The Morgan fingerprint density at radius 3 is 2.82 bits per heavy atom. The van der Waals surface area contributed by atoms with Gasteiger partial charge in [0, 0.05) is 17.7 Å². The molecule has 0 fully saturated rings. The molecule has 2 aromatic carbocycles. The molecule has 3 rings (SSSR count). The summed E-state index contributed by atoms with van der Waals surface area (Å²) >= 11 is 0. The molecule has 86 valence electrons. The Kier molecular flexibility index (Phi) is 2.48. The average molecular weight is 225 g/mol. The van der Waals surface area contributed by atoms with Gasteiger partial charge in [-0.25, -0.2) is 0 Å². The van der Waals surface area contributed by atoms with E-state index in [-0.39, 0.29) is 0 Å². The van der Waals surface area contributed by atoms with Crippen LogP contribution in [0, 0.1) is 0 Å². The third-order valence-electron chi connectivity index (χ3n) is 3.27. The van der Waals surface area contributed by atoms with Gasteiger partial charge in [-0.05, 0) is 29.7 Å². The molecule has 0 spiro atoms. The highest BCUT2D eigenvalue weighted by atomic mass is 16.5. The summed E-state index contributed by atoms with van der Waals surface area (Å²) in [6, 6.07) is 16.1. The van der Waals surface area contributed by atoms with Gasteiger partial charge >= 0.3 is 0 Å². The predicted octanol–water partition coefficient (Wildman–Crippen LogP) is 2.99. The van der Waals surface area contributed by atoms with E-state index in [9.17, 15) is 0 Å². The second-order valence-corrected chi connectivity index (χ2v) is 4.48. The first kappa shape index (κ1) is 10.2. The molecule has 0 amide bonds. The maximum atomic E-state index is 5.77. The number of nitrogen functional groups attached to an aromatic ring is 1. The maximum Gasteiger partial charge on any atom is 0.121 e. The average Bonchev–Trinajstić information content (AvgIpc) is 2.30. The van der Waals surface area contributed by atoms with Crippen LogP contribution in [-0.4, -0.2) is 6.61 Å². The van der Waals surface area contributed by atoms with E-state index in [0.29, 0.717) is 5.92 Å². The Labute approximate surface area is 101 Å². The Bertz CT molecular complexity index is 536. The van der Waals surface area contributed by atoms with Gasteiger partial charge in [0.15, 0.2) is 0 Å². The molecule has 1 aliphatic rings. The molecule has 2 nitrogen and oxygen atoms in total. The van der Waals surface area contributed by atoms with Gasteiger partial charge in [-0.2, -0.15) is 0 Å². The van der Waals surface area contributed by atoms with E-state index in [4.69, 9.17) is 10.5 Å². The lowest BCUT2D eigenvalue weighted by molar-refractivity contribution is 0.275. The number of benzene rings is 2. The number of rotatable bonds is 3. The van der Waals surface area contributed by atoms with Gasteiger partial charge in [-0.1, -0.05) is 30.3 Å². The minimum atomic E-state index is 0.535. The maximum absolute atomic E-state index is 5.77. The highest BCUT2D eigenvalue weighted by molar-refractivity contribution is 5.44. The number of hydrogen-bond donors (Lipinski definition) is 1. The molecule has 1 atom stereocenters. The molecule has 2 N–H and O–H groups in total. The zero-order valence-corrected chi connectivity index (χ0v) is 9.60. The summed E-state index contributed by atoms with van der Waals surface area (Å²) in [5, 5.41) is 0. The van der Waals surface area contributed by atoms with Crippen molar-refractivity contribution in [2.45, 2.75) is 12.3 Å². The van der Waals surface area contributed by atoms with Crippen molar-refractivity contribution in [3.8, 4) is 5.75 Å². The predicted molar refractivity (Wildman–Crippen MR) is 69.2 cm³/mol. The largest absolute Gasteiger partial charge is 0.493 e. The van der Waals surface area contributed by atoms with E-state index >= 15 is 0 Å². The van der Waals surface area contributed by atoms with Crippen LogP contribution in [0.25, 0.3) is 0 Å². The van der Waals surface area contributed by atoms with Crippen molar-refractivity contribution in [2.24, 2.45) is 0 Å². The van der Waals surface area contributed by atoms with Gasteiger partial charge in [0.2, 0.25) is 0 Å². The topological polar surface area (TPSA) is 35.2 Å². The van der Waals surface area contributed by atoms with Crippen molar-refractivity contribution in [1.82, 2.24) is 0 Å². The summed E-state index contributed by atoms with van der Waals surface area (Å²) in [4.78, 5) is 0. The minimum Gasteiger partial charge on any atom is -0.493 e. The molecule has 0 bridgehead atoms. The fourth-order valence-electron chi connectivity index (χ4n) is 2.31. The van der Waals surface area contributed by atoms with Crippen LogP contribution in [0.5, 0.6) is 5.75 Å². The number of nitrogens with two attached hydrogens (primary N) is 1. The Morgan fingerprint density at radius 1 is 1.12 bits per heavy atom. The molecule has 0 saturated carbocycles. The lowest BCUT2D eigenvalue weighted by Crippen LogP contribution is -2.23. The van der Waals surface area contributed by atoms with Crippen molar-refractivity contribution >= 4 is 5.69 Å². The normalized spacial score (nSPS) is 17.1. The van der Waals surface area contributed by atoms with E-state index in [1.807, 2.05) is 24.3 Å². The third kappa shape index (κ3) is 1.98. The van der Waals surface area contributed by atoms with Gasteiger partial charge in [0.05, 0.1) is 6.61 Å². The van der Waals surface area contributed by atoms with Crippen LogP contribution in [0.1, 0.15) is 17.0 Å². The summed E-state index contributed by atoms with van der Waals surface area (Å²) < 4.78 is 5.77. The molecule has 17 heavy (non-hydrogen) atoms. The van der Waals surface area contributed by atoms with Gasteiger partial charge in [0.1, 0.15) is 5.75 Å². The lowest BCUT2D eigenvalue weighted by Gasteiger charge is -2.29. The number of ether oxygens (including phenoxy) is 1. The summed E-state index contributed by atoms with van der Waals surface area (Å²) in [5.74, 6) is 1.39. The van der Waals surface area contributed by atoms with E-state index < -0.39 is 0 Å². The zero-order chi connectivity index (χ0) is 11.7. The first-order valence-corrected chi connectivity index (χ1v) is 5.89. The van der Waals surface area contributed by atoms with Crippen LogP contribution < -0.4 is 10.5 Å². The Morgan fingerprint density at radius 2 is 2.00 bits per heavy atom. The van der Waals surface area contributed by atoms with E-state index in [1.165, 1.54) is 11.1 Å². The fraction of sp³-hybridized carbons (Fsp3) is 0.200. The zero-order valence-electron chi connectivity index (χ0n) is 9.60. The first-order valence-electron chi connectivity index (χ1n) is 5.89. The van der Waals surface area contributed by atoms with Gasteiger partial charge in [-0.15, -0.1) is 0 Å². The first-order chi connectivity index (χ1) is 8.33. The van der Waals surface area contributed by atoms with Crippen LogP contribution in [-0.2, 0) is 6.42 Å². The highest BCUT2D eigenvalue weighted by Gasteiger charge is 2.25. The van der Waals surface area contributed by atoms with Gasteiger partial charge in [-0.3, -0.25) is 0 Å². The van der Waals surface area contributed by atoms with Crippen molar-refractivity contribution in [1.29, 1.82) is 0 Å². The molecule has 0 saturated heterocycles. The molecule has 0 aliphatic heterocycles. The lowest BCUT2D eigenvalue weighted by atomic mass is 9.78. The SMILES string of the molecule is Nc1cccc(OCC2Cc3ccccc32)c1. The van der Waals surface area contributed by atoms with E-state index in [2.05, 4.69) is 24.3 Å². The minimum absolute atomic E-state index is 0.535. The van der Waals surface area contributed by atoms with Gasteiger partial charge in [0.25, 0.3) is 0 Å². The number of anilines is 1. The summed E-state index contributed by atoms with van der Waals surface area (Å²) in [7, 11) is 0. The molecule has 0 radical (unpaired) electrons. The molecule has 0 heterocycles.